The Kier molecular flexibility index (Phi) is 6.38. The van der Waals surface area contributed by atoms with Gasteiger partial charge in [0, 0.05) is 16.6 Å². The number of pyridine rings is 1. The van der Waals surface area contributed by atoms with Gasteiger partial charge in [0.1, 0.15) is 0 Å². The summed E-state index contributed by atoms with van der Waals surface area (Å²) in [5.74, 6) is 0.792. The van der Waals surface area contributed by atoms with Gasteiger partial charge in [-0.1, -0.05) is 24.3 Å². The smallest absolute Gasteiger partial charge is 0.256 e. The van der Waals surface area contributed by atoms with E-state index in [-0.39, 0.29) is 5.91 Å². The van der Waals surface area contributed by atoms with Gasteiger partial charge in [-0.15, -0.1) is 0 Å². The molecule has 0 unspecified atom stereocenters. The number of carbonyl (C=O) groups excluding carboxylic acids is 1. The van der Waals surface area contributed by atoms with Crippen LogP contribution in [0.1, 0.15) is 10.4 Å². The molecule has 4 rings (SSSR count). The third-order valence-corrected chi connectivity index (χ3v) is 5.67. The first-order valence-electron chi connectivity index (χ1n) is 10.3. The van der Waals surface area contributed by atoms with E-state index in [1.807, 2.05) is 30.3 Å². The molecule has 2 N–H and O–H groups in total. The number of hydrogen-bond donors (Lipinski definition) is 2. The molecule has 4 aromatic rings. The number of amides is 1. The van der Waals surface area contributed by atoms with Gasteiger partial charge in [-0.3, -0.25) is 9.52 Å². The minimum atomic E-state index is -3.44. The molecular formula is C25H23N3O5S. The highest BCUT2D eigenvalue weighted by atomic mass is 32.2. The Morgan fingerprint density at radius 3 is 2.32 bits per heavy atom. The van der Waals surface area contributed by atoms with Gasteiger partial charge < -0.3 is 14.8 Å². The standard InChI is InChI=1S/C25H23N3O5S/c1-32-23-12-11-16(13-24(23)33-2)22-15-20(19-9-4-5-10-21(19)27-22)25(29)26-17-7-6-8-18(14-17)28-34(3,30)31/h4-15,28H,1-3H3,(H,26,29). The van der Waals surface area contributed by atoms with E-state index in [1.54, 1.807) is 56.7 Å². The first-order chi connectivity index (χ1) is 16.3. The first-order valence-corrected chi connectivity index (χ1v) is 12.2. The van der Waals surface area contributed by atoms with Crippen molar-refractivity contribution >= 4 is 38.2 Å². The molecule has 0 aliphatic carbocycles. The number of ether oxygens (including phenoxy) is 2. The molecule has 0 fully saturated rings. The van der Waals surface area contributed by atoms with Crippen molar-refractivity contribution in [3.63, 3.8) is 0 Å². The van der Waals surface area contributed by atoms with Crippen LogP contribution in [0.5, 0.6) is 11.5 Å². The summed E-state index contributed by atoms with van der Waals surface area (Å²) in [7, 11) is -0.320. The molecule has 3 aromatic carbocycles. The van der Waals surface area contributed by atoms with Gasteiger partial charge >= 0.3 is 0 Å². The summed E-state index contributed by atoms with van der Waals surface area (Å²) in [6, 6.07) is 21.0. The van der Waals surface area contributed by atoms with E-state index >= 15 is 0 Å². The molecular weight excluding hydrogens is 454 g/mol. The summed E-state index contributed by atoms with van der Waals surface area (Å²) in [5, 5.41) is 3.54. The van der Waals surface area contributed by atoms with Crippen molar-refractivity contribution in [1.82, 2.24) is 4.98 Å². The van der Waals surface area contributed by atoms with E-state index in [0.717, 1.165) is 11.8 Å². The molecule has 0 saturated heterocycles. The van der Waals surface area contributed by atoms with Crippen molar-refractivity contribution in [2.24, 2.45) is 0 Å². The third kappa shape index (κ3) is 5.10. The van der Waals surface area contributed by atoms with Crippen LogP contribution in [0.3, 0.4) is 0 Å². The van der Waals surface area contributed by atoms with Gasteiger partial charge in [0.15, 0.2) is 11.5 Å². The maximum absolute atomic E-state index is 13.3. The second kappa shape index (κ2) is 9.40. The normalized spacial score (nSPS) is 11.1. The number of para-hydroxylation sites is 1. The molecule has 0 saturated carbocycles. The van der Waals surface area contributed by atoms with Gasteiger partial charge in [-0.25, -0.2) is 13.4 Å². The lowest BCUT2D eigenvalue weighted by atomic mass is 10.0. The number of rotatable bonds is 7. The molecule has 0 bridgehead atoms. The molecule has 1 amide bonds. The average molecular weight is 478 g/mol. The van der Waals surface area contributed by atoms with Crippen molar-refractivity contribution < 1.29 is 22.7 Å². The number of sulfonamides is 1. The van der Waals surface area contributed by atoms with Gasteiger partial charge in [0.05, 0.1) is 42.9 Å². The maximum atomic E-state index is 13.3. The Morgan fingerprint density at radius 2 is 1.59 bits per heavy atom. The number of nitrogens with one attached hydrogen (secondary N) is 2. The number of benzene rings is 3. The summed E-state index contributed by atoms with van der Waals surface area (Å²) in [5.41, 5.74) is 3.25. The van der Waals surface area contributed by atoms with Crippen molar-refractivity contribution in [2.75, 3.05) is 30.5 Å². The lowest BCUT2D eigenvalue weighted by molar-refractivity contribution is 0.102. The fourth-order valence-electron chi connectivity index (χ4n) is 3.58. The Hall–Kier alpha value is -4.11. The van der Waals surface area contributed by atoms with Gasteiger partial charge in [-0.2, -0.15) is 0 Å². The monoisotopic (exact) mass is 477 g/mol. The van der Waals surface area contributed by atoms with E-state index in [1.165, 1.54) is 0 Å². The van der Waals surface area contributed by atoms with Crippen LogP contribution in [0.15, 0.2) is 72.8 Å². The topological polar surface area (TPSA) is 107 Å². The van der Waals surface area contributed by atoms with E-state index in [9.17, 15) is 13.2 Å². The minimum Gasteiger partial charge on any atom is -0.493 e. The predicted octanol–water partition coefficient (Wildman–Crippen LogP) is 4.54. The number of hydrogen-bond acceptors (Lipinski definition) is 6. The van der Waals surface area contributed by atoms with Crippen molar-refractivity contribution in [2.45, 2.75) is 0 Å². The number of fused-ring (bicyclic) bond motifs is 1. The van der Waals surface area contributed by atoms with Gasteiger partial charge in [-0.05, 0) is 48.5 Å². The molecule has 8 nitrogen and oxygen atoms in total. The van der Waals surface area contributed by atoms with Crippen LogP contribution >= 0.6 is 0 Å². The summed E-state index contributed by atoms with van der Waals surface area (Å²) in [6.07, 6.45) is 1.07. The number of nitrogens with zero attached hydrogens (tertiary/aromatic N) is 1. The van der Waals surface area contributed by atoms with Crippen LogP contribution in [0, 0.1) is 0 Å². The summed E-state index contributed by atoms with van der Waals surface area (Å²) in [6.45, 7) is 0. The molecule has 0 atom stereocenters. The average Bonchev–Trinajstić information content (AvgIpc) is 2.82. The minimum absolute atomic E-state index is 0.350. The lowest BCUT2D eigenvalue weighted by Gasteiger charge is -2.13. The highest BCUT2D eigenvalue weighted by Crippen LogP contribution is 2.33. The second-order valence-corrected chi connectivity index (χ2v) is 9.30. The highest BCUT2D eigenvalue weighted by molar-refractivity contribution is 7.92. The maximum Gasteiger partial charge on any atom is 0.256 e. The van der Waals surface area contributed by atoms with Crippen molar-refractivity contribution in [3.05, 3.63) is 78.4 Å². The van der Waals surface area contributed by atoms with Crippen LogP contribution in [-0.4, -0.2) is 39.8 Å². The van der Waals surface area contributed by atoms with Crippen LogP contribution < -0.4 is 19.5 Å². The highest BCUT2D eigenvalue weighted by Gasteiger charge is 2.16. The number of anilines is 2. The fourth-order valence-corrected chi connectivity index (χ4v) is 4.13. The number of aromatic nitrogens is 1. The van der Waals surface area contributed by atoms with Gasteiger partial charge in [0.2, 0.25) is 10.0 Å². The zero-order valence-electron chi connectivity index (χ0n) is 18.8. The third-order valence-electron chi connectivity index (χ3n) is 5.06. The van der Waals surface area contributed by atoms with Crippen LogP contribution in [0.2, 0.25) is 0 Å². The Balaban J connectivity index is 1.74. The molecule has 0 radical (unpaired) electrons. The molecule has 0 aliphatic rings. The fraction of sp³-hybridized carbons (Fsp3) is 0.120. The SMILES string of the molecule is COc1ccc(-c2cc(C(=O)Nc3cccc(NS(C)(=O)=O)c3)c3ccccc3n2)cc1OC. The Labute approximate surface area is 197 Å². The number of methoxy groups -OCH3 is 2. The van der Waals surface area contributed by atoms with Gasteiger partial charge in [0.25, 0.3) is 5.91 Å². The zero-order chi connectivity index (χ0) is 24.3. The zero-order valence-corrected chi connectivity index (χ0v) is 19.6. The second-order valence-electron chi connectivity index (χ2n) is 7.55. The van der Waals surface area contributed by atoms with Crippen molar-refractivity contribution in [1.29, 1.82) is 0 Å². The molecule has 34 heavy (non-hydrogen) atoms. The van der Waals surface area contributed by atoms with Crippen LogP contribution in [0.4, 0.5) is 11.4 Å². The Bertz CT molecular complexity index is 1490. The van der Waals surface area contributed by atoms with Crippen LogP contribution in [0.25, 0.3) is 22.2 Å². The summed E-state index contributed by atoms with van der Waals surface area (Å²) >= 11 is 0. The lowest BCUT2D eigenvalue weighted by Crippen LogP contribution is -2.14. The Morgan fingerprint density at radius 1 is 0.853 bits per heavy atom. The summed E-state index contributed by atoms with van der Waals surface area (Å²) in [4.78, 5) is 18.0. The molecule has 1 aromatic heterocycles. The number of carbonyl (C=O) groups is 1. The van der Waals surface area contributed by atoms with E-state index in [0.29, 0.717) is 45.0 Å². The quantitative estimate of drug-likeness (QED) is 0.405. The van der Waals surface area contributed by atoms with E-state index in [2.05, 4.69) is 10.0 Å². The predicted molar refractivity (Wildman–Crippen MR) is 133 cm³/mol. The molecule has 0 spiro atoms. The van der Waals surface area contributed by atoms with E-state index < -0.39 is 10.0 Å². The van der Waals surface area contributed by atoms with Crippen molar-refractivity contribution in [3.8, 4) is 22.8 Å². The molecule has 174 valence electrons. The first kappa shape index (κ1) is 23.1. The van der Waals surface area contributed by atoms with Crippen LogP contribution in [-0.2, 0) is 10.0 Å². The molecule has 9 heteroatoms. The summed E-state index contributed by atoms with van der Waals surface area (Å²) < 4.78 is 36.2. The molecule has 0 aliphatic heterocycles. The largest absolute Gasteiger partial charge is 0.493 e. The van der Waals surface area contributed by atoms with E-state index in [4.69, 9.17) is 14.5 Å². The molecule has 1 heterocycles.